The molecule has 0 unspecified atom stereocenters. The topological polar surface area (TPSA) is 43.4 Å². The van der Waals surface area contributed by atoms with Gasteiger partial charge < -0.3 is 4.74 Å². The summed E-state index contributed by atoms with van der Waals surface area (Å²) in [5.41, 5.74) is 1.76. The van der Waals surface area contributed by atoms with Crippen LogP contribution in [0.15, 0.2) is 18.2 Å². The van der Waals surface area contributed by atoms with E-state index in [-0.39, 0.29) is 0 Å². The monoisotopic (exact) mass is 204 g/mol. The molecule has 1 aliphatic rings. The summed E-state index contributed by atoms with van der Waals surface area (Å²) < 4.78 is 4.58. The second-order valence-corrected chi connectivity index (χ2v) is 4.11. The summed E-state index contributed by atoms with van der Waals surface area (Å²) in [4.78, 5) is 22.7. The van der Waals surface area contributed by atoms with Gasteiger partial charge in [-0.2, -0.15) is 0 Å². The molecule has 0 saturated carbocycles. The van der Waals surface area contributed by atoms with Gasteiger partial charge in [-0.05, 0) is 24.0 Å². The number of rotatable bonds is 2. The average Bonchev–Trinajstić information content (AvgIpc) is 2.43. The minimum Gasteiger partial charge on any atom is -0.386 e. The third kappa shape index (κ3) is 1.65. The Bertz CT molecular complexity index is 432. The highest BCUT2D eigenvalue weighted by molar-refractivity contribution is 6.15. The van der Waals surface area contributed by atoms with E-state index in [1.165, 1.54) is 0 Å². The highest BCUT2D eigenvalue weighted by Crippen LogP contribution is 2.25. The number of hydrogen-bond acceptors (Lipinski definition) is 3. The molecular weight excluding hydrogens is 192 g/mol. The zero-order valence-electron chi connectivity index (χ0n) is 8.74. The Morgan fingerprint density at radius 2 is 1.93 bits per heavy atom. The van der Waals surface area contributed by atoms with E-state index in [1.54, 1.807) is 12.1 Å². The maximum atomic E-state index is 11.4. The van der Waals surface area contributed by atoms with Crippen LogP contribution in [0.1, 0.15) is 40.1 Å². The first kappa shape index (κ1) is 9.90. The fourth-order valence-corrected chi connectivity index (χ4v) is 1.81. The predicted molar refractivity (Wildman–Crippen MR) is 54.7 cm³/mol. The van der Waals surface area contributed by atoms with Gasteiger partial charge in [-0.3, -0.25) is 0 Å². The van der Waals surface area contributed by atoms with Gasteiger partial charge in [-0.25, -0.2) is 9.59 Å². The van der Waals surface area contributed by atoms with Crippen molar-refractivity contribution < 1.29 is 14.3 Å². The normalized spacial score (nSPS) is 14.3. The molecule has 78 valence electrons. The van der Waals surface area contributed by atoms with Crippen LogP contribution < -0.4 is 0 Å². The van der Waals surface area contributed by atoms with Gasteiger partial charge in [0, 0.05) is 0 Å². The van der Waals surface area contributed by atoms with Crippen molar-refractivity contribution in [2.45, 2.75) is 20.3 Å². The molecule has 3 heteroatoms. The zero-order valence-corrected chi connectivity index (χ0v) is 8.74. The van der Waals surface area contributed by atoms with Gasteiger partial charge in [0.05, 0.1) is 11.1 Å². The lowest BCUT2D eigenvalue weighted by molar-refractivity contribution is 0.0443. The molecule has 1 heterocycles. The molecule has 1 aromatic rings. The molecule has 1 aliphatic heterocycles. The van der Waals surface area contributed by atoms with Crippen LogP contribution in [-0.4, -0.2) is 11.9 Å². The van der Waals surface area contributed by atoms with Crippen LogP contribution in [0.3, 0.4) is 0 Å². The van der Waals surface area contributed by atoms with Gasteiger partial charge in [0.2, 0.25) is 0 Å². The largest absolute Gasteiger partial charge is 0.386 e. The van der Waals surface area contributed by atoms with Gasteiger partial charge in [0.1, 0.15) is 0 Å². The summed E-state index contributed by atoms with van der Waals surface area (Å²) in [6, 6.07) is 5.29. The van der Waals surface area contributed by atoms with Crippen molar-refractivity contribution in [3.05, 3.63) is 34.9 Å². The molecule has 0 spiro atoms. The highest BCUT2D eigenvalue weighted by Gasteiger charge is 2.31. The maximum absolute atomic E-state index is 11.4. The third-order valence-electron chi connectivity index (χ3n) is 2.39. The lowest BCUT2D eigenvalue weighted by Gasteiger charge is -2.06. The maximum Gasteiger partial charge on any atom is 0.347 e. The Morgan fingerprint density at radius 3 is 2.60 bits per heavy atom. The minimum absolute atomic E-state index is 0.401. The summed E-state index contributed by atoms with van der Waals surface area (Å²) in [7, 11) is 0. The second-order valence-electron chi connectivity index (χ2n) is 4.11. The van der Waals surface area contributed by atoms with E-state index in [2.05, 4.69) is 18.6 Å². The van der Waals surface area contributed by atoms with Gasteiger partial charge in [-0.15, -0.1) is 0 Å². The molecule has 0 atom stereocenters. The van der Waals surface area contributed by atoms with Gasteiger partial charge in [0.15, 0.2) is 0 Å². The Kier molecular flexibility index (Phi) is 2.31. The number of esters is 2. The number of carbonyl (C=O) groups excluding carboxylic acids is 2. The standard InChI is InChI=1S/C12H12O3/c1-7(2)6-8-4-3-5-9-10(8)12(14)15-11(9)13/h3-5,7H,6H2,1-2H3. The zero-order chi connectivity index (χ0) is 11.0. The molecule has 3 nitrogen and oxygen atoms in total. The molecule has 15 heavy (non-hydrogen) atoms. The molecule has 2 rings (SSSR count). The first-order chi connectivity index (χ1) is 7.09. The van der Waals surface area contributed by atoms with Crippen LogP contribution in [0.4, 0.5) is 0 Å². The molecule has 0 N–H and O–H groups in total. The number of cyclic esters (lactones) is 2. The van der Waals surface area contributed by atoms with Crippen molar-refractivity contribution >= 4 is 11.9 Å². The van der Waals surface area contributed by atoms with E-state index in [4.69, 9.17) is 0 Å². The van der Waals surface area contributed by atoms with E-state index in [0.717, 1.165) is 12.0 Å². The van der Waals surface area contributed by atoms with Gasteiger partial charge in [-0.1, -0.05) is 26.0 Å². The van der Waals surface area contributed by atoms with Crippen molar-refractivity contribution in [2.24, 2.45) is 5.92 Å². The molecule has 0 fully saturated rings. The quantitative estimate of drug-likeness (QED) is 0.548. The lowest BCUT2D eigenvalue weighted by atomic mass is 9.95. The van der Waals surface area contributed by atoms with Gasteiger partial charge in [0.25, 0.3) is 0 Å². The molecular formula is C12H12O3. The van der Waals surface area contributed by atoms with Crippen molar-refractivity contribution in [3.8, 4) is 0 Å². The molecule has 0 bridgehead atoms. The molecule has 0 aliphatic carbocycles. The van der Waals surface area contributed by atoms with Crippen LogP contribution in [0, 0.1) is 5.92 Å². The Labute approximate surface area is 88.1 Å². The van der Waals surface area contributed by atoms with Gasteiger partial charge >= 0.3 is 11.9 Å². The molecule has 0 amide bonds. The van der Waals surface area contributed by atoms with Crippen molar-refractivity contribution in [2.75, 3.05) is 0 Å². The fourth-order valence-electron chi connectivity index (χ4n) is 1.81. The summed E-state index contributed by atoms with van der Waals surface area (Å²) >= 11 is 0. The number of benzene rings is 1. The molecule has 0 saturated heterocycles. The van der Waals surface area contributed by atoms with E-state index in [0.29, 0.717) is 17.0 Å². The first-order valence-corrected chi connectivity index (χ1v) is 4.98. The van der Waals surface area contributed by atoms with E-state index >= 15 is 0 Å². The van der Waals surface area contributed by atoms with E-state index < -0.39 is 11.9 Å². The Morgan fingerprint density at radius 1 is 1.20 bits per heavy atom. The minimum atomic E-state index is -0.527. The first-order valence-electron chi connectivity index (χ1n) is 4.98. The average molecular weight is 204 g/mol. The van der Waals surface area contributed by atoms with Crippen LogP contribution in [0.25, 0.3) is 0 Å². The number of hydrogen-bond donors (Lipinski definition) is 0. The van der Waals surface area contributed by atoms with E-state index in [1.807, 2.05) is 6.07 Å². The Balaban J connectivity index is 2.50. The van der Waals surface area contributed by atoms with E-state index in [9.17, 15) is 9.59 Å². The SMILES string of the molecule is CC(C)Cc1cccc2c1C(=O)OC2=O. The lowest BCUT2D eigenvalue weighted by Crippen LogP contribution is -2.03. The van der Waals surface area contributed by atoms with Crippen LogP contribution in [0.2, 0.25) is 0 Å². The second kappa shape index (κ2) is 3.50. The Hall–Kier alpha value is -1.64. The van der Waals surface area contributed by atoms with Crippen molar-refractivity contribution in [1.82, 2.24) is 0 Å². The number of fused-ring (bicyclic) bond motifs is 1. The molecule has 1 aromatic carbocycles. The van der Waals surface area contributed by atoms with Crippen LogP contribution in [-0.2, 0) is 11.2 Å². The summed E-state index contributed by atoms with van der Waals surface area (Å²) in [5, 5.41) is 0. The van der Waals surface area contributed by atoms with Crippen molar-refractivity contribution in [3.63, 3.8) is 0 Å². The third-order valence-corrected chi connectivity index (χ3v) is 2.39. The number of ether oxygens (including phenoxy) is 1. The fraction of sp³-hybridized carbons (Fsp3) is 0.333. The molecule has 0 radical (unpaired) electrons. The van der Waals surface area contributed by atoms with Crippen LogP contribution >= 0.6 is 0 Å². The van der Waals surface area contributed by atoms with Crippen LogP contribution in [0.5, 0.6) is 0 Å². The summed E-state index contributed by atoms with van der Waals surface area (Å²) in [6.07, 6.45) is 0.783. The predicted octanol–water partition coefficient (Wildman–Crippen LogP) is 2.20. The van der Waals surface area contributed by atoms with Crippen molar-refractivity contribution in [1.29, 1.82) is 0 Å². The smallest absolute Gasteiger partial charge is 0.347 e. The molecule has 0 aromatic heterocycles. The highest BCUT2D eigenvalue weighted by atomic mass is 16.6. The number of carbonyl (C=O) groups is 2. The summed E-state index contributed by atoms with van der Waals surface area (Å²) in [6.45, 7) is 4.14. The summed E-state index contributed by atoms with van der Waals surface area (Å²) in [5.74, 6) is -0.591.